The Balaban J connectivity index is 2.70. The molecule has 0 aliphatic heterocycles. The van der Waals surface area contributed by atoms with Gasteiger partial charge in [-0.3, -0.25) is 4.79 Å². The molecule has 0 saturated heterocycles. The summed E-state index contributed by atoms with van der Waals surface area (Å²) in [5.41, 5.74) is 0.682. The summed E-state index contributed by atoms with van der Waals surface area (Å²) in [6.07, 6.45) is 4.92. The smallest absolute Gasteiger partial charge is 0.215 e. The number of carbonyl (C=O) groups is 1. The largest absolute Gasteiger partial charge is 0.282 e. The fourth-order valence-corrected chi connectivity index (χ4v) is 3.31. The third-order valence-corrected chi connectivity index (χ3v) is 4.97. The lowest BCUT2D eigenvalue weighted by molar-refractivity contribution is -0.107. The van der Waals surface area contributed by atoms with Gasteiger partial charge in [0, 0.05) is 4.75 Å². The van der Waals surface area contributed by atoms with E-state index in [-0.39, 0.29) is 9.86 Å². The molecule has 0 radical (unpaired) electrons. The fourth-order valence-electron chi connectivity index (χ4n) is 2.04. The van der Waals surface area contributed by atoms with Gasteiger partial charge >= 0.3 is 0 Å². The zero-order valence-corrected chi connectivity index (χ0v) is 10.2. The maximum Gasteiger partial charge on any atom is 0.215 e. The molecule has 1 aliphatic rings. The van der Waals surface area contributed by atoms with Crippen LogP contribution in [0.4, 0.5) is 0 Å². The van der Waals surface area contributed by atoms with E-state index in [4.69, 9.17) is 0 Å². The molecule has 14 heavy (non-hydrogen) atoms. The monoisotopic (exact) mass is 212 g/mol. The van der Waals surface area contributed by atoms with Gasteiger partial charge in [-0.1, -0.05) is 45.0 Å². The predicted molar refractivity (Wildman–Crippen MR) is 63.4 cm³/mol. The van der Waals surface area contributed by atoms with E-state index >= 15 is 0 Å². The molecule has 80 valence electrons. The molecule has 1 fully saturated rings. The zero-order valence-electron chi connectivity index (χ0n) is 9.43. The van der Waals surface area contributed by atoms with Crippen molar-refractivity contribution in [2.45, 2.75) is 51.2 Å². The summed E-state index contributed by atoms with van der Waals surface area (Å²) in [5, 5.41) is 0.181. The lowest BCUT2D eigenvalue weighted by Crippen LogP contribution is -2.29. The third-order valence-electron chi connectivity index (χ3n) is 3.15. The number of thioether (sulfide) groups is 1. The molecule has 0 unspecified atom stereocenters. The Labute approximate surface area is 91.3 Å². The average molecular weight is 212 g/mol. The number of carbonyl (C=O) groups excluding carboxylic acids is 1. The number of hydrogen-bond acceptors (Lipinski definition) is 2. The van der Waals surface area contributed by atoms with Crippen molar-refractivity contribution in [3.63, 3.8) is 0 Å². The van der Waals surface area contributed by atoms with Crippen molar-refractivity contribution >= 4 is 16.9 Å². The summed E-state index contributed by atoms with van der Waals surface area (Å²) in [6.45, 7) is 9.97. The molecule has 0 N–H and O–H groups in total. The Morgan fingerprint density at radius 1 is 1.36 bits per heavy atom. The standard InChI is InChI=1S/C12H20OS/c1-9(2)11(13)14-12(10(3)4)7-5-6-8-12/h10H,1,5-8H2,2-4H3. The van der Waals surface area contributed by atoms with Crippen molar-refractivity contribution in [1.82, 2.24) is 0 Å². The highest BCUT2D eigenvalue weighted by molar-refractivity contribution is 8.15. The summed E-state index contributed by atoms with van der Waals surface area (Å²) in [4.78, 5) is 11.7. The molecule has 0 aromatic carbocycles. The van der Waals surface area contributed by atoms with E-state index in [1.165, 1.54) is 37.4 Å². The molecule has 0 spiro atoms. The predicted octanol–water partition coefficient (Wildman–Crippen LogP) is 3.79. The lowest BCUT2D eigenvalue weighted by atomic mass is 9.93. The second kappa shape index (κ2) is 4.52. The maximum absolute atomic E-state index is 11.7. The molecule has 0 atom stereocenters. The molecular weight excluding hydrogens is 192 g/mol. The van der Waals surface area contributed by atoms with E-state index in [9.17, 15) is 4.79 Å². The maximum atomic E-state index is 11.7. The van der Waals surface area contributed by atoms with Gasteiger partial charge in [0.2, 0.25) is 5.12 Å². The van der Waals surface area contributed by atoms with Crippen LogP contribution in [0.2, 0.25) is 0 Å². The molecule has 0 heterocycles. The Morgan fingerprint density at radius 2 is 1.86 bits per heavy atom. The zero-order chi connectivity index (χ0) is 10.8. The molecule has 2 heteroatoms. The minimum Gasteiger partial charge on any atom is -0.282 e. The topological polar surface area (TPSA) is 17.1 Å². The number of hydrogen-bond donors (Lipinski definition) is 0. The Bertz CT molecular complexity index is 237. The van der Waals surface area contributed by atoms with Crippen LogP contribution in [0, 0.1) is 5.92 Å². The highest BCUT2D eigenvalue weighted by Gasteiger charge is 2.39. The second-order valence-corrected chi connectivity index (χ2v) is 5.98. The van der Waals surface area contributed by atoms with Crippen LogP contribution < -0.4 is 0 Å². The van der Waals surface area contributed by atoms with Crippen LogP contribution in [0.15, 0.2) is 12.2 Å². The molecule has 1 aliphatic carbocycles. The van der Waals surface area contributed by atoms with Crippen LogP contribution in [0.5, 0.6) is 0 Å². The van der Waals surface area contributed by atoms with Crippen LogP contribution in [-0.2, 0) is 4.79 Å². The Morgan fingerprint density at radius 3 is 2.21 bits per heavy atom. The molecule has 0 aromatic heterocycles. The molecule has 1 saturated carbocycles. The van der Waals surface area contributed by atoms with E-state index in [1.807, 2.05) is 0 Å². The minimum atomic E-state index is 0.181. The lowest BCUT2D eigenvalue weighted by Gasteiger charge is -2.31. The molecule has 1 nitrogen and oxygen atoms in total. The molecule has 0 amide bonds. The number of rotatable bonds is 3. The first-order valence-electron chi connectivity index (χ1n) is 5.37. The first-order chi connectivity index (χ1) is 6.48. The average Bonchev–Trinajstić information content (AvgIpc) is 2.53. The van der Waals surface area contributed by atoms with Gasteiger partial charge in [-0.15, -0.1) is 0 Å². The van der Waals surface area contributed by atoms with Crippen molar-refractivity contribution in [2.75, 3.05) is 0 Å². The molecule has 1 rings (SSSR count). The van der Waals surface area contributed by atoms with Crippen LogP contribution in [0.25, 0.3) is 0 Å². The minimum absolute atomic E-state index is 0.181. The molecule has 0 aromatic rings. The van der Waals surface area contributed by atoms with E-state index < -0.39 is 0 Å². The fraction of sp³-hybridized carbons (Fsp3) is 0.750. The van der Waals surface area contributed by atoms with Crippen molar-refractivity contribution in [2.24, 2.45) is 5.92 Å². The Kier molecular flexibility index (Phi) is 3.82. The van der Waals surface area contributed by atoms with E-state index in [0.29, 0.717) is 11.5 Å². The van der Waals surface area contributed by atoms with Crippen molar-refractivity contribution < 1.29 is 4.79 Å². The van der Waals surface area contributed by atoms with Gasteiger partial charge in [-0.25, -0.2) is 0 Å². The van der Waals surface area contributed by atoms with Crippen molar-refractivity contribution in [3.05, 3.63) is 12.2 Å². The first kappa shape index (κ1) is 11.8. The SMILES string of the molecule is C=C(C)C(=O)SC1(C(C)C)CCCC1. The van der Waals surface area contributed by atoms with Crippen molar-refractivity contribution in [3.8, 4) is 0 Å². The Hall–Kier alpha value is -0.240. The van der Waals surface area contributed by atoms with Gasteiger partial charge < -0.3 is 0 Å². The summed E-state index contributed by atoms with van der Waals surface area (Å²) in [7, 11) is 0. The van der Waals surface area contributed by atoms with Crippen LogP contribution in [0.1, 0.15) is 46.5 Å². The highest BCUT2D eigenvalue weighted by Crippen LogP contribution is 2.47. The van der Waals surface area contributed by atoms with Crippen LogP contribution in [0.3, 0.4) is 0 Å². The molecule has 0 bridgehead atoms. The van der Waals surface area contributed by atoms with Crippen LogP contribution in [-0.4, -0.2) is 9.86 Å². The van der Waals surface area contributed by atoms with Crippen LogP contribution >= 0.6 is 11.8 Å². The van der Waals surface area contributed by atoms with Gasteiger partial charge in [-0.2, -0.15) is 0 Å². The summed E-state index contributed by atoms with van der Waals surface area (Å²) in [6, 6.07) is 0. The van der Waals surface area contributed by atoms with Gasteiger partial charge in [0.15, 0.2) is 0 Å². The quantitative estimate of drug-likeness (QED) is 0.662. The van der Waals surface area contributed by atoms with E-state index in [1.54, 1.807) is 6.92 Å². The summed E-state index contributed by atoms with van der Waals surface area (Å²) < 4.78 is 0.204. The second-order valence-electron chi connectivity index (χ2n) is 4.60. The molecular formula is C12H20OS. The van der Waals surface area contributed by atoms with Gasteiger partial charge in [0.1, 0.15) is 0 Å². The van der Waals surface area contributed by atoms with Gasteiger partial charge in [-0.05, 0) is 31.3 Å². The van der Waals surface area contributed by atoms with Gasteiger partial charge in [0.25, 0.3) is 0 Å². The van der Waals surface area contributed by atoms with Gasteiger partial charge in [0.05, 0.1) is 0 Å². The van der Waals surface area contributed by atoms with Crippen molar-refractivity contribution in [1.29, 1.82) is 0 Å². The third kappa shape index (κ3) is 2.41. The van der Waals surface area contributed by atoms with E-state index in [0.717, 1.165) is 0 Å². The highest BCUT2D eigenvalue weighted by atomic mass is 32.2. The summed E-state index contributed by atoms with van der Waals surface area (Å²) in [5.74, 6) is 0.582. The first-order valence-corrected chi connectivity index (χ1v) is 6.18. The summed E-state index contributed by atoms with van der Waals surface area (Å²) >= 11 is 1.53. The normalized spacial score (nSPS) is 20.0. The van der Waals surface area contributed by atoms with E-state index in [2.05, 4.69) is 20.4 Å².